The second kappa shape index (κ2) is 4.35. The second-order valence-corrected chi connectivity index (χ2v) is 3.34. The summed E-state index contributed by atoms with van der Waals surface area (Å²) < 4.78 is 0. The van der Waals surface area contributed by atoms with Crippen LogP contribution in [0.15, 0.2) is 18.2 Å². The van der Waals surface area contributed by atoms with E-state index >= 15 is 0 Å². The first-order chi connectivity index (χ1) is 6.15. The quantitative estimate of drug-likeness (QED) is 0.652. The normalized spacial score (nSPS) is 12.5. The van der Waals surface area contributed by atoms with Crippen molar-refractivity contribution < 1.29 is 5.11 Å². The minimum absolute atomic E-state index is 0.0463. The number of aliphatic hydroxyl groups excluding tert-OH is 1. The monoisotopic (exact) mass is 200 g/mol. The van der Waals surface area contributed by atoms with E-state index in [4.69, 9.17) is 22.4 Å². The predicted molar refractivity (Wildman–Crippen MR) is 56.0 cm³/mol. The molecule has 0 radical (unpaired) electrons. The van der Waals surface area contributed by atoms with Crippen LogP contribution in [0.5, 0.6) is 0 Å². The van der Waals surface area contributed by atoms with Gasteiger partial charge < -0.3 is 16.2 Å². The van der Waals surface area contributed by atoms with Crippen molar-refractivity contribution in [3.63, 3.8) is 0 Å². The number of nitrogens with two attached hydrogens (primary N) is 1. The zero-order valence-electron chi connectivity index (χ0n) is 7.42. The summed E-state index contributed by atoms with van der Waals surface area (Å²) in [6.07, 6.45) is 0. The van der Waals surface area contributed by atoms with Crippen molar-refractivity contribution in [2.24, 2.45) is 0 Å². The number of hydrogen-bond acceptors (Lipinski definition) is 3. The Labute approximate surface area is 82.5 Å². The molecule has 0 spiro atoms. The van der Waals surface area contributed by atoms with Crippen LogP contribution >= 0.6 is 11.6 Å². The zero-order valence-corrected chi connectivity index (χ0v) is 8.17. The van der Waals surface area contributed by atoms with E-state index < -0.39 is 0 Å². The maximum absolute atomic E-state index is 8.83. The molecule has 3 nitrogen and oxygen atoms in total. The zero-order chi connectivity index (χ0) is 9.84. The van der Waals surface area contributed by atoms with Crippen molar-refractivity contribution in [3.8, 4) is 0 Å². The Bertz CT molecular complexity index is 271. The molecule has 0 aliphatic carbocycles. The average Bonchev–Trinajstić information content (AvgIpc) is 2.11. The largest absolute Gasteiger partial charge is 0.397 e. The Hall–Kier alpha value is -0.930. The van der Waals surface area contributed by atoms with Crippen molar-refractivity contribution in [2.75, 3.05) is 17.7 Å². The number of anilines is 2. The first-order valence-corrected chi connectivity index (χ1v) is 4.44. The Kier molecular flexibility index (Phi) is 3.39. The highest BCUT2D eigenvalue weighted by Crippen LogP contribution is 2.28. The van der Waals surface area contributed by atoms with Crippen LogP contribution in [0.3, 0.4) is 0 Å². The van der Waals surface area contributed by atoms with Crippen molar-refractivity contribution in [1.29, 1.82) is 0 Å². The Morgan fingerprint density at radius 1 is 1.62 bits per heavy atom. The summed E-state index contributed by atoms with van der Waals surface area (Å²) in [5, 5.41) is 12.4. The lowest BCUT2D eigenvalue weighted by atomic mass is 10.2. The fourth-order valence-corrected chi connectivity index (χ4v) is 1.22. The summed E-state index contributed by atoms with van der Waals surface area (Å²) in [6, 6.07) is 5.25. The summed E-state index contributed by atoms with van der Waals surface area (Å²) in [6.45, 7) is 1.90. The van der Waals surface area contributed by atoms with Crippen molar-refractivity contribution in [2.45, 2.75) is 13.0 Å². The van der Waals surface area contributed by atoms with E-state index in [2.05, 4.69) is 5.32 Å². The molecule has 4 heteroatoms. The molecule has 0 bridgehead atoms. The summed E-state index contributed by atoms with van der Waals surface area (Å²) in [4.78, 5) is 0. The van der Waals surface area contributed by atoms with E-state index in [0.717, 1.165) is 0 Å². The number of benzene rings is 1. The molecular formula is C9H13ClN2O. The molecule has 0 fully saturated rings. The fraction of sp³-hybridized carbons (Fsp3) is 0.333. The molecule has 1 rings (SSSR count). The highest BCUT2D eigenvalue weighted by molar-refractivity contribution is 6.33. The SMILES string of the molecule is CC(CO)Nc1c(N)cccc1Cl. The molecule has 1 atom stereocenters. The van der Waals surface area contributed by atoms with Crippen LogP contribution in [0.1, 0.15) is 6.92 Å². The van der Waals surface area contributed by atoms with E-state index in [1.165, 1.54) is 0 Å². The number of rotatable bonds is 3. The van der Waals surface area contributed by atoms with Gasteiger partial charge in [-0.05, 0) is 19.1 Å². The molecular weight excluding hydrogens is 188 g/mol. The Balaban J connectivity index is 2.87. The molecule has 0 aliphatic rings. The van der Waals surface area contributed by atoms with E-state index in [-0.39, 0.29) is 12.6 Å². The van der Waals surface area contributed by atoms with Gasteiger partial charge in [-0.25, -0.2) is 0 Å². The van der Waals surface area contributed by atoms with Crippen LogP contribution < -0.4 is 11.1 Å². The summed E-state index contributed by atoms with van der Waals surface area (Å²) in [7, 11) is 0. The Morgan fingerprint density at radius 2 is 2.31 bits per heavy atom. The second-order valence-electron chi connectivity index (χ2n) is 2.93. The summed E-state index contributed by atoms with van der Waals surface area (Å²) in [5.41, 5.74) is 6.97. The van der Waals surface area contributed by atoms with Gasteiger partial charge in [-0.3, -0.25) is 0 Å². The van der Waals surface area contributed by atoms with Gasteiger partial charge in [-0.15, -0.1) is 0 Å². The van der Waals surface area contributed by atoms with E-state index in [1.54, 1.807) is 18.2 Å². The number of aliphatic hydroxyl groups is 1. The fourth-order valence-electron chi connectivity index (χ4n) is 0.985. The molecule has 0 saturated carbocycles. The van der Waals surface area contributed by atoms with Gasteiger partial charge in [0.25, 0.3) is 0 Å². The lowest BCUT2D eigenvalue weighted by molar-refractivity contribution is 0.281. The van der Waals surface area contributed by atoms with Crippen LogP contribution in [-0.2, 0) is 0 Å². The molecule has 1 aromatic rings. The van der Waals surface area contributed by atoms with Crippen LogP contribution in [0.2, 0.25) is 5.02 Å². The molecule has 0 aliphatic heterocycles. The van der Waals surface area contributed by atoms with Gasteiger partial charge >= 0.3 is 0 Å². The van der Waals surface area contributed by atoms with Crippen LogP contribution in [0.4, 0.5) is 11.4 Å². The third-order valence-corrected chi connectivity index (χ3v) is 2.03. The van der Waals surface area contributed by atoms with Gasteiger partial charge in [0, 0.05) is 6.04 Å². The lowest BCUT2D eigenvalue weighted by Crippen LogP contribution is -2.20. The highest BCUT2D eigenvalue weighted by atomic mass is 35.5. The molecule has 1 aromatic carbocycles. The number of halogens is 1. The van der Waals surface area contributed by atoms with Crippen LogP contribution in [-0.4, -0.2) is 17.8 Å². The minimum Gasteiger partial charge on any atom is -0.397 e. The van der Waals surface area contributed by atoms with Crippen LogP contribution in [0, 0.1) is 0 Å². The lowest BCUT2D eigenvalue weighted by Gasteiger charge is -2.15. The van der Waals surface area contributed by atoms with Gasteiger partial charge in [0.05, 0.1) is 23.0 Å². The van der Waals surface area contributed by atoms with Crippen LogP contribution in [0.25, 0.3) is 0 Å². The molecule has 4 N–H and O–H groups in total. The molecule has 72 valence electrons. The molecule has 0 saturated heterocycles. The van der Waals surface area contributed by atoms with E-state index in [1.807, 2.05) is 6.92 Å². The summed E-state index contributed by atoms with van der Waals surface area (Å²) in [5.74, 6) is 0. The molecule has 0 aromatic heterocycles. The Morgan fingerprint density at radius 3 is 2.85 bits per heavy atom. The smallest absolute Gasteiger partial charge is 0.0766 e. The van der Waals surface area contributed by atoms with Gasteiger partial charge in [-0.1, -0.05) is 17.7 Å². The first kappa shape index (κ1) is 10.2. The van der Waals surface area contributed by atoms with E-state index in [9.17, 15) is 0 Å². The van der Waals surface area contributed by atoms with E-state index in [0.29, 0.717) is 16.4 Å². The van der Waals surface area contributed by atoms with Gasteiger partial charge in [0.15, 0.2) is 0 Å². The third-order valence-electron chi connectivity index (χ3n) is 1.71. The standard InChI is InChI=1S/C9H13ClN2O/c1-6(5-13)12-9-7(10)3-2-4-8(9)11/h2-4,6,12-13H,5,11H2,1H3. The molecule has 13 heavy (non-hydrogen) atoms. The van der Waals surface area contributed by atoms with Gasteiger partial charge in [0.1, 0.15) is 0 Å². The minimum atomic E-state index is -0.0535. The number of hydrogen-bond donors (Lipinski definition) is 3. The number of nitrogen functional groups attached to an aromatic ring is 1. The number of para-hydroxylation sites is 1. The van der Waals surface area contributed by atoms with Gasteiger partial charge in [0.2, 0.25) is 0 Å². The molecule has 1 unspecified atom stereocenters. The topological polar surface area (TPSA) is 58.3 Å². The molecule has 0 amide bonds. The maximum atomic E-state index is 8.83. The maximum Gasteiger partial charge on any atom is 0.0766 e. The van der Waals surface area contributed by atoms with Crippen molar-refractivity contribution in [3.05, 3.63) is 23.2 Å². The molecule has 0 heterocycles. The predicted octanol–water partition coefficient (Wildman–Crippen LogP) is 1.71. The third kappa shape index (κ3) is 2.50. The average molecular weight is 201 g/mol. The first-order valence-electron chi connectivity index (χ1n) is 4.06. The highest BCUT2D eigenvalue weighted by Gasteiger charge is 2.06. The van der Waals surface area contributed by atoms with Gasteiger partial charge in [-0.2, -0.15) is 0 Å². The summed E-state index contributed by atoms with van der Waals surface area (Å²) >= 11 is 5.91. The van der Waals surface area contributed by atoms with Crippen molar-refractivity contribution in [1.82, 2.24) is 0 Å². The van der Waals surface area contributed by atoms with Crippen molar-refractivity contribution >= 4 is 23.0 Å². The number of nitrogens with one attached hydrogen (secondary N) is 1.